The number of aryl methyl sites for hydroxylation is 1. The van der Waals surface area contributed by atoms with Crippen LogP contribution in [0.4, 0.5) is 5.82 Å². The van der Waals surface area contributed by atoms with Crippen LogP contribution in [0.2, 0.25) is 0 Å². The molecule has 11 nitrogen and oxygen atoms in total. The highest BCUT2D eigenvalue weighted by molar-refractivity contribution is 5.97. The van der Waals surface area contributed by atoms with E-state index in [4.69, 9.17) is 4.74 Å². The van der Waals surface area contributed by atoms with Crippen LogP contribution in [0.25, 0.3) is 0 Å². The van der Waals surface area contributed by atoms with Crippen LogP contribution in [0.5, 0.6) is 5.75 Å². The summed E-state index contributed by atoms with van der Waals surface area (Å²) in [6.07, 6.45) is 6.41. The van der Waals surface area contributed by atoms with E-state index in [1.807, 2.05) is 70.5 Å². The van der Waals surface area contributed by atoms with E-state index in [0.29, 0.717) is 61.9 Å². The molecular weight excluding hydrogens is 580 g/mol. The summed E-state index contributed by atoms with van der Waals surface area (Å²) >= 11 is 0. The second kappa shape index (κ2) is 13.8. The summed E-state index contributed by atoms with van der Waals surface area (Å²) in [7, 11) is 1.73. The number of piperidine rings is 1. The number of carbonyl (C=O) groups excluding carboxylic acids is 2. The molecule has 2 aromatic carbocycles. The predicted molar refractivity (Wildman–Crippen MR) is 172 cm³/mol. The highest BCUT2D eigenvalue weighted by Gasteiger charge is 2.38. The largest absolute Gasteiger partial charge is 0.492 e. The SMILES string of the molecule is Cn1nncc1C(=O)N1CCC2(CCCN(c3ccc(C#N)cn3)CCN(Cc3ccccc3)C(=O)c3ccccc3OC2)CC1. The van der Waals surface area contributed by atoms with Crippen LogP contribution in [0.15, 0.2) is 79.1 Å². The van der Waals surface area contributed by atoms with E-state index in [-0.39, 0.29) is 17.2 Å². The van der Waals surface area contributed by atoms with Crippen LogP contribution in [0.1, 0.15) is 57.7 Å². The highest BCUT2D eigenvalue weighted by atomic mass is 16.5. The molecule has 1 saturated heterocycles. The lowest BCUT2D eigenvalue weighted by Gasteiger charge is -2.42. The normalized spacial score (nSPS) is 17.2. The fourth-order valence-electron chi connectivity index (χ4n) is 6.39. The Labute approximate surface area is 269 Å². The van der Waals surface area contributed by atoms with Crippen molar-refractivity contribution < 1.29 is 14.3 Å². The van der Waals surface area contributed by atoms with Gasteiger partial charge in [-0.3, -0.25) is 9.59 Å². The van der Waals surface area contributed by atoms with E-state index in [9.17, 15) is 14.9 Å². The van der Waals surface area contributed by atoms with Gasteiger partial charge in [0, 0.05) is 57.9 Å². The number of nitrogens with zero attached hydrogens (tertiary/aromatic N) is 8. The molecule has 4 heterocycles. The van der Waals surface area contributed by atoms with Crippen molar-refractivity contribution in [3.63, 3.8) is 0 Å². The second-order valence-corrected chi connectivity index (χ2v) is 12.1. The van der Waals surface area contributed by atoms with Gasteiger partial charge in [0.05, 0.1) is 23.9 Å². The Balaban J connectivity index is 1.29. The molecule has 1 fully saturated rings. The van der Waals surface area contributed by atoms with Gasteiger partial charge < -0.3 is 19.4 Å². The van der Waals surface area contributed by atoms with Gasteiger partial charge >= 0.3 is 0 Å². The van der Waals surface area contributed by atoms with Crippen molar-refractivity contribution in [2.45, 2.75) is 32.2 Å². The zero-order chi connectivity index (χ0) is 31.9. The smallest absolute Gasteiger partial charge is 0.273 e. The Hall–Kier alpha value is -5.24. The van der Waals surface area contributed by atoms with Crippen molar-refractivity contribution >= 4 is 17.6 Å². The Morgan fingerprint density at radius 3 is 2.43 bits per heavy atom. The molecule has 1 spiro atoms. The molecular formula is C35H38N8O3. The molecule has 0 saturated carbocycles. The number of anilines is 1. The number of nitriles is 1. The van der Waals surface area contributed by atoms with Crippen LogP contribution in [-0.4, -0.2) is 80.9 Å². The molecule has 6 rings (SSSR count). The number of para-hydroxylation sites is 1. The summed E-state index contributed by atoms with van der Waals surface area (Å²) in [5.41, 5.74) is 2.38. The lowest BCUT2D eigenvalue weighted by Crippen LogP contribution is -2.46. The fraction of sp³-hybridized carbons (Fsp3) is 0.371. The predicted octanol–water partition coefficient (Wildman–Crippen LogP) is 4.33. The van der Waals surface area contributed by atoms with Crippen LogP contribution in [0.3, 0.4) is 0 Å². The monoisotopic (exact) mass is 618 g/mol. The number of rotatable bonds is 4. The zero-order valence-electron chi connectivity index (χ0n) is 26.1. The fourth-order valence-corrected chi connectivity index (χ4v) is 6.39. The summed E-state index contributed by atoms with van der Waals surface area (Å²) < 4.78 is 8.07. The zero-order valence-corrected chi connectivity index (χ0v) is 26.1. The van der Waals surface area contributed by atoms with Crippen molar-refractivity contribution in [2.75, 3.05) is 44.2 Å². The Bertz CT molecular complexity index is 1690. The lowest BCUT2D eigenvalue weighted by molar-refractivity contribution is 0.0357. The lowest BCUT2D eigenvalue weighted by atomic mass is 9.75. The first-order chi connectivity index (χ1) is 22.4. The van der Waals surface area contributed by atoms with Crippen LogP contribution >= 0.6 is 0 Å². The second-order valence-electron chi connectivity index (χ2n) is 12.1. The van der Waals surface area contributed by atoms with E-state index in [1.54, 1.807) is 19.3 Å². The molecule has 0 unspecified atom stereocenters. The number of hydrogen-bond acceptors (Lipinski definition) is 8. The van der Waals surface area contributed by atoms with Gasteiger partial charge in [-0.05, 0) is 55.5 Å². The molecule has 236 valence electrons. The quantitative estimate of drug-likeness (QED) is 0.332. The Kier molecular flexibility index (Phi) is 9.24. The van der Waals surface area contributed by atoms with E-state index in [2.05, 4.69) is 26.3 Å². The number of pyridine rings is 1. The standard InChI is InChI=1S/C35H38N8O3/c1-40-30(24-38-39-40)34(45)42-18-15-35(16-19-42)14-7-17-41(32-13-12-28(22-36)23-37-32)20-21-43(25-27-8-3-2-4-9-27)33(44)29-10-5-6-11-31(29)46-26-35/h2-6,8-13,23-24H,7,14-21,25-26H2,1H3. The third kappa shape index (κ3) is 6.86. The number of carbonyl (C=O) groups is 2. The summed E-state index contributed by atoms with van der Waals surface area (Å²) in [5.74, 6) is 1.19. The molecule has 2 aliphatic heterocycles. The van der Waals surface area contributed by atoms with Gasteiger partial charge in [0.15, 0.2) is 0 Å². The molecule has 0 aliphatic carbocycles. The van der Waals surface area contributed by atoms with Gasteiger partial charge in [-0.2, -0.15) is 5.26 Å². The third-order valence-electron chi connectivity index (χ3n) is 9.18. The molecule has 0 N–H and O–H groups in total. The number of ether oxygens (including phenoxy) is 1. The van der Waals surface area contributed by atoms with E-state index in [1.165, 1.54) is 10.9 Å². The molecule has 11 heteroatoms. The maximum Gasteiger partial charge on any atom is 0.273 e. The number of likely N-dealkylation sites (tertiary alicyclic amines) is 1. The molecule has 2 amide bonds. The van der Waals surface area contributed by atoms with Crippen molar-refractivity contribution in [1.82, 2.24) is 29.8 Å². The molecule has 0 atom stereocenters. The van der Waals surface area contributed by atoms with Crippen molar-refractivity contribution in [3.05, 3.63) is 102 Å². The highest BCUT2D eigenvalue weighted by Crippen LogP contribution is 2.38. The first-order valence-electron chi connectivity index (χ1n) is 15.7. The number of fused-ring (bicyclic) bond motifs is 1. The minimum atomic E-state index is -0.181. The average molecular weight is 619 g/mol. The number of aromatic nitrogens is 4. The van der Waals surface area contributed by atoms with Gasteiger partial charge in [0.25, 0.3) is 11.8 Å². The van der Waals surface area contributed by atoms with Crippen molar-refractivity contribution in [1.29, 1.82) is 5.26 Å². The van der Waals surface area contributed by atoms with Crippen LogP contribution < -0.4 is 9.64 Å². The molecule has 46 heavy (non-hydrogen) atoms. The van der Waals surface area contributed by atoms with E-state index in [0.717, 1.165) is 43.6 Å². The van der Waals surface area contributed by atoms with Crippen LogP contribution in [-0.2, 0) is 13.6 Å². The maximum atomic E-state index is 14.2. The van der Waals surface area contributed by atoms with Gasteiger partial charge in [-0.25, -0.2) is 9.67 Å². The molecule has 0 bridgehead atoms. The summed E-state index contributed by atoms with van der Waals surface area (Å²) in [6.45, 7) is 3.88. The van der Waals surface area contributed by atoms with Crippen molar-refractivity contribution in [2.24, 2.45) is 12.5 Å². The van der Waals surface area contributed by atoms with Gasteiger partial charge in [-0.15, -0.1) is 5.10 Å². The van der Waals surface area contributed by atoms with E-state index >= 15 is 0 Å². The first-order valence-corrected chi connectivity index (χ1v) is 15.7. The summed E-state index contributed by atoms with van der Waals surface area (Å²) in [4.78, 5) is 38.0. The van der Waals surface area contributed by atoms with Gasteiger partial charge in [0.1, 0.15) is 23.3 Å². The third-order valence-corrected chi connectivity index (χ3v) is 9.18. The number of amides is 2. The Morgan fingerprint density at radius 2 is 1.72 bits per heavy atom. The molecule has 2 aromatic heterocycles. The molecule has 4 aromatic rings. The minimum Gasteiger partial charge on any atom is -0.492 e. The van der Waals surface area contributed by atoms with Gasteiger partial charge in [0.2, 0.25) is 0 Å². The van der Waals surface area contributed by atoms with Gasteiger partial charge in [-0.1, -0.05) is 47.7 Å². The molecule has 2 aliphatic rings. The summed E-state index contributed by atoms with van der Waals surface area (Å²) in [5, 5.41) is 17.1. The van der Waals surface area contributed by atoms with Crippen LogP contribution in [0, 0.1) is 16.7 Å². The summed E-state index contributed by atoms with van der Waals surface area (Å²) in [6, 6.07) is 23.3. The number of hydrogen-bond donors (Lipinski definition) is 0. The number of benzene rings is 2. The maximum absolute atomic E-state index is 14.2. The molecule has 0 radical (unpaired) electrons. The average Bonchev–Trinajstić information content (AvgIpc) is 3.54. The van der Waals surface area contributed by atoms with E-state index < -0.39 is 0 Å². The van der Waals surface area contributed by atoms with Crippen molar-refractivity contribution in [3.8, 4) is 11.8 Å². The topological polar surface area (TPSA) is 120 Å². The minimum absolute atomic E-state index is 0.0691. The first kappa shape index (κ1) is 30.8. The Morgan fingerprint density at radius 1 is 0.935 bits per heavy atom.